The molecule has 5 atom stereocenters. The van der Waals surface area contributed by atoms with Gasteiger partial charge in [0, 0.05) is 6.61 Å². The Bertz CT molecular complexity index is 1360. The molecule has 1 unspecified atom stereocenters. The van der Waals surface area contributed by atoms with Gasteiger partial charge in [0.2, 0.25) is 0 Å². The second kappa shape index (κ2) is 20.1. The maximum Gasteiger partial charge on any atom is 0.186 e. The van der Waals surface area contributed by atoms with Crippen molar-refractivity contribution in [1.29, 1.82) is 0 Å². The lowest BCUT2D eigenvalue weighted by Crippen LogP contribution is -2.61. The Balaban J connectivity index is 1.40. The molecule has 0 aromatic heterocycles. The summed E-state index contributed by atoms with van der Waals surface area (Å²) < 4.78 is 39.6. The summed E-state index contributed by atoms with van der Waals surface area (Å²) in [4.78, 5) is 0. The van der Waals surface area contributed by atoms with Gasteiger partial charge >= 0.3 is 0 Å². The molecule has 0 saturated carbocycles. The Kier molecular flexibility index (Phi) is 14.9. The third-order valence-electron chi connectivity index (χ3n) is 8.22. The molecule has 1 saturated heterocycles. The first-order chi connectivity index (χ1) is 23.3. The maximum absolute atomic E-state index is 6.78. The standard InChI is InChI=1S/C40H49NO6/c41-25-15-1-2-16-26-43-40-39(46-30-35-23-13-6-14-24-35)38(45-29-34-21-11-5-12-22-34)37(44-28-33-19-9-4-10-20-33)36(47-40)31-42-27-32-17-7-3-8-18-32/h3-14,17-24,36-40H,1-2,15-16,25-31,41H2/t36-,37-,38+,39+,40?/m1/s1. The number of hydrogen-bond donors (Lipinski definition) is 1. The third kappa shape index (κ3) is 11.7. The van der Waals surface area contributed by atoms with Gasteiger partial charge in [-0.15, -0.1) is 0 Å². The Labute approximate surface area is 279 Å². The first-order valence-electron chi connectivity index (χ1n) is 16.9. The second-order valence-electron chi connectivity index (χ2n) is 11.9. The number of hydrogen-bond acceptors (Lipinski definition) is 7. The molecule has 0 radical (unpaired) electrons. The maximum atomic E-state index is 6.78. The second-order valence-corrected chi connectivity index (χ2v) is 11.9. The van der Waals surface area contributed by atoms with Crippen LogP contribution in [0.25, 0.3) is 0 Å². The van der Waals surface area contributed by atoms with Crippen LogP contribution in [0.3, 0.4) is 0 Å². The average Bonchev–Trinajstić information content (AvgIpc) is 3.13. The molecule has 1 aliphatic rings. The van der Waals surface area contributed by atoms with E-state index < -0.39 is 30.7 Å². The number of rotatable bonds is 20. The van der Waals surface area contributed by atoms with Crippen molar-refractivity contribution in [2.75, 3.05) is 19.8 Å². The van der Waals surface area contributed by atoms with Gasteiger partial charge in [0.1, 0.15) is 24.4 Å². The first kappa shape index (κ1) is 34.9. The topological polar surface area (TPSA) is 81.4 Å². The van der Waals surface area contributed by atoms with Gasteiger partial charge in [0.25, 0.3) is 0 Å². The van der Waals surface area contributed by atoms with Crippen LogP contribution in [0.15, 0.2) is 121 Å². The summed E-state index contributed by atoms with van der Waals surface area (Å²) in [6.07, 6.45) is 1.38. The van der Waals surface area contributed by atoms with Crippen molar-refractivity contribution < 1.29 is 28.4 Å². The van der Waals surface area contributed by atoms with Crippen LogP contribution in [0.4, 0.5) is 0 Å². The molecule has 2 N–H and O–H groups in total. The summed E-state index contributed by atoms with van der Waals surface area (Å²) in [5.41, 5.74) is 9.99. The van der Waals surface area contributed by atoms with Gasteiger partial charge in [0.05, 0.1) is 33.0 Å². The SMILES string of the molecule is NCCCCCCOC1O[C@H](COCc2ccccc2)[C@@H](OCc2ccccc2)[C@H](OCc2ccccc2)[C@@H]1OCc1ccccc1. The summed E-state index contributed by atoms with van der Waals surface area (Å²) in [5, 5.41) is 0. The van der Waals surface area contributed by atoms with Crippen LogP contribution in [-0.2, 0) is 54.8 Å². The van der Waals surface area contributed by atoms with Crippen molar-refractivity contribution in [2.45, 2.75) is 82.8 Å². The molecule has 5 rings (SSSR count). The van der Waals surface area contributed by atoms with Crippen molar-refractivity contribution in [3.8, 4) is 0 Å². The summed E-state index contributed by atoms with van der Waals surface area (Å²) >= 11 is 0. The molecule has 47 heavy (non-hydrogen) atoms. The highest BCUT2D eigenvalue weighted by Crippen LogP contribution is 2.32. The average molecular weight is 640 g/mol. The molecular formula is C40H49NO6. The molecule has 7 heteroatoms. The smallest absolute Gasteiger partial charge is 0.186 e. The fourth-order valence-corrected chi connectivity index (χ4v) is 5.68. The number of unbranched alkanes of at least 4 members (excludes halogenated alkanes) is 3. The molecule has 0 amide bonds. The van der Waals surface area contributed by atoms with Gasteiger partial charge in [-0.25, -0.2) is 0 Å². The molecule has 1 heterocycles. The van der Waals surface area contributed by atoms with E-state index in [1.54, 1.807) is 0 Å². The summed E-state index contributed by atoms with van der Waals surface area (Å²) in [5.74, 6) is 0. The van der Waals surface area contributed by atoms with Crippen molar-refractivity contribution in [3.63, 3.8) is 0 Å². The Morgan fingerprint density at radius 1 is 0.468 bits per heavy atom. The fourth-order valence-electron chi connectivity index (χ4n) is 5.68. The van der Waals surface area contributed by atoms with Crippen molar-refractivity contribution in [2.24, 2.45) is 5.73 Å². The quantitative estimate of drug-likeness (QED) is 0.102. The van der Waals surface area contributed by atoms with E-state index in [4.69, 9.17) is 34.2 Å². The van der Waals surface area contributed by atoms with Gasteiger partial charge < -0.3 is 34.2 Å². The van der Waals surface area contributed by atoms with Crippen LogP contribution < -0.4 is 5.73 Å². The van der Waals surface area contributed by atoms with Crippen LogP contribution in [0.2, 0.25) is 0 Å². The van der Waals surface area contributed by atoms with E-state index in [1.807, 2.05) is 72.8 Å². The van der Waals surface area contributed by atoms with Crippen molar-refractivity contribution in [1.82, 2.24) is 0 Å². The zero-order chi connectivity index (χ0) is 32.4. The van der Waals surface area contributed by atoms with Crippen molar-refractivity contribution in [3.05, 3.63) is 144 Å². The zero-order valence-electron chi connectivity index (χ0n) is 27.2. The lowest BCUT2D eigenvalue weighted by atomic mass is 9.97. The van der Waals surface area contributed by atoms with E-state index in [0.29, 0.717) is 46.2 Å². The Morgan fingerprint density at radius 3 is 1.43 bits per heavy atom. The van der Waals surface area contributed by atoms with E-state index in [2.05, 4.69) is 48.5 Å². The molecule has 0 bridgehead atoms. The molecule has 1 aliphatic heterocycles. The highest BCUT2D eigenvalue weighted by molar-refractivity contribution is 5.16. The van der Waals surface area contributed by atoms with Crippen LogP contribution in [0.1, 0.15) is 47.9 Å². The highest BCUT2D eigenvalue weighted by Gasteiger charge is 2.49. The van der Waals surface area contributed by atoms with Gasteiger partial charge in [-0.05, 0) is 41.6 Å². The zero-order valence-corrected chi connectivity index (χ0v) is 27.2. The van der Waals surface area contributed by atoms with Crippen LogP contribution in [-0.4, -0.2) is 50.5 Å². The Morgan fingerprint density at radius 2 is 0.915 bits per heavy atom. The monoisotopic (exact) mass is 639 g/mol. The predicted molar refractivity (Wildman–Crippen MR) is 183 cm³/mol. The molecule has 7 nitrogen and oxygen atoms in total. The Hall–Kier alpha value is -3.40. The van der Waals surface area contributed by atoms with E-state index in [-0.39, 0.29) is 0 Å². The normalized spacial score (nSPS) is 21.1. The summed E-state index contributed by atoms with van der Waals surface area (Å²) in [7, 11) is 0. The minimum absolute atomic E-state index is 0.307. The predicted octanol–water partition coefficient (Wildman–Crippen LogP) is 7.22. The van der Waals surface area contributed by atoms with Gasteiger partial charge in [-0.3, -0.25) is 0 Å². The van der Waals surface area contributed by atoms with Gasteiger partial charge in [0.15, 0.2) is 6.29 Å². The molecule has 0 aliphatic carbocycles. The van der Waals surface area contributed by atoms with Crippen molar-refractivity contribution >= 4 is 0 Å². The molecule has 4 aromatic carbocycles. The minimum Gasteiger partial charge on any atom is -0.374 e. The third-order valence-corrected chi connectivity index (χ3v) is 8.22. The van der Waals surface area contributed by atoms with Crippen LogP contribution in [0.5, 0.6) is 0 Å². The minimum atomic E-state index is -0.670. The molecule has 0 spiro atoms. The largest absolute Gasteiger partial charge is 0.374 e. The first-order valence-corrected chi connectivity index (χ1v) is 16.9. The summed E-state index contributed by atoms with van der Waals surface area (Å²) in [6, 6.07) is 40.6. The highest BCUT2D eigenvalue weighted by atomic mass is 16.7. The molecular weight excluding hydrogens is 590 g/mol. The lowest BCUT2D eigenvalue weighted by molar-refractivity contribution is -0.328. The van der Waals surface area contributed by atoms with Gasteiger partial charge in [-0.2, -0.15) is 0 Å². The van der Waals surface area contributed by atoms with E-state index >= 15 is 0 Å². The number of benzene rings is 4. The fraction of sp³-hybridized carbons (Fsp3) is 0.400. The van der Waals surface area contributed by atoms with Crippen LogP contribution in [0, 0.1) is 0 Å². The van der Waals surface area contributed by atoms with E-state index in [1.165, 1.54) is 0 Å². The molecule has 4 aromatic rings. The molecule has 1 fully saturated rings. The number of nitrogens with two attached hydrogens (primary N) is 1. The van der Waals surface area contributed by atoms with Gasteiger partial charge in [-0.1, -0.05) is 134 Å². The number of ether oxygens (including phenoxy) is 6. The van der Waals surface area contributed by atoms with E-state index in [9.17, 15) is 0 Å². The lowest BCUT2D eigenvalue weighted by Gasteiger charge is -2.46. The molecule has 250 valence electrons. The summed E-state index contributed by atoms with van der Waals surface area (Å²) in [6.45, 7) is 3.19. The van der Waals surface area contributed by atoms with Crippen LogP contribution >= 0.6 is 0 Å². The van der Waals surface area contributed by atoms with E-state index in [0.717, 1.165) is 47.9 Å².